The number of nitrogen functional groups attached to an aromatic ring is 1. The Morgan fingerprint density at radius 1 is 1.43 bits per heavy atom. The van der Waals surface area contributed by atoms with Crippen LogP contribution in [0.25, 0.3) is 0 Å². The van der Waals surface area contributed by atoms with Crippen molar-refractivity contribution in [3.05, 3.63) is 24.0 Å². The van der Waals surface area contributed by atoms with Gasteiger partial charge in [-0.25, -0.2) is 14.6 Å². The predicted molar refractivity (Wildman–Crippen MR) is 85.3 cm³/mol. The summed E-state index contributed by atoms with van der Waals surface area (Å²) in [6, 6.07) is 2.43. The van der Waals surface area contributed by atoms with Crippen LogP contribution in [-0.2, 0) is 14.3 Å². The number of nitrogens with one attached hydrogen (secondary N) is 1. The van der Waals surface area contributed by atoms with Crippen LogP contribution in [0.3, 0.4) is 0 Å². The second-order valence-corrected chi connectivity index (χ2v) is 5.67. The molecule has 1 aromatic rings. The van der Waals surface area contributed by atoms with Gasteiger partial charge in [-0.1, -0.05) is 5.92 Å². The number of esters is 1. The molecule has 0 aliphatic rings. The first-order valence-corrected chi connectivity index (χ1v) is 6.99. The van der Waals surface area contributed by atoms with Crippen molar-refractivity contribution in [3.8, 4) is 11.8 Å². The standard InChI is InChI=1S/C16H21N3O4/c1-16(2,3)23-15(21)19-13(14(20)22-4)9-5-8-12-11(17)7-6-10-18-12/h6-7,10,13H,9,17H2,1-4H3,(H,19,21)/t13-/m0/s1. The Hall–Kier alpha value is -2.75. The third kappa shape index (κ3) is 6.70. The van der Waals surface area contributed by atoms with Crippen molar-refractivity contribution >= 4 is 17.7 Å². The summed E-state index contributed by atoms with van der Waals surface area (Å²) in [5.41, 5.74) is 5.91. The molecule has 1 heterocycles. The Balaban J connectivity index is 2.75. The minimum Gasteiger partial charge on any atom is -0.467 e. The van der Waals surface area contributed by atoms with Crippen molar-refractivity contribution in [2.45, 2.75) is 38.8 Å². The molecule has 23 heavy (non-hydrogen) atoms. The number of anilines is 1. The van der Waals surface area contributed by atoms with Gasteiger partial charge in [0.2, 0.25) is 0 Å². The fourth-order valence-corrected chi connectivity index (χ4v) is 1.54. The van der Waals surface area contributed by atoms with E-state index in [2.05, 4.69) is 26.9 Å². The Labute approximate surface area is 135 Å². The topological polar surface area (TPSA) is 104 Å². The van der Waals surface area contributed by atoms with Gasteiger partial charge in [0, 0.05) is 12.6 Å². The van der Waals surface area contributed by atoms with Gasteiger partial charge in [0.15, 0.2) is 0 Å². The van der Waals surface area contributed by atoms with Gasteiger partial charge in [0.25, 0.3) is 0 Å². The maximum Gasteiger partial charge on any atom is 0.408 e. The zero-order chi connectivity index (χ0) is 17.5. The van der Waals surface area contributed by atoms with E-state index in [-0.39, 0.29) is 6.42 Å². The van der Waals surface area contributed by atoms with Crippen LogP contribution < -0.4 is 11.1 Å². The van der Waals surface area contributed by atoms with Gasteiger partial charge < -0.3 is 20.5 Å². The Morgan fingerprint density at radius 2 is 2.13 bits per heavy atom. The number of hydrogen-bond donors (Lipinski definition) is 2. The third-order valence-corrected chi connectivity index (χ3v) is 2.53. The summed E-state index contributed by atoms with van der Waals surface area (Å²) in [4.78, 5) is 27.5. The summed E-state index contributed by atoms with van der Waals surface area (Å²) in [5.74, 6) is 4.91. The molecule has 3 N–H and O–H groups in total. The smallest absolute Gasteiger partial charge is 0.408 e. The molecule has 0 aromatic carbocycles. The van der Waals surface area contributed by atoms with Gasteiger partial charge >= 0.3 is 12.1 Å². The molecule has 1 atom stereocenters. The van der Waals surface area contributed by atoms with Gasteiger partial charge in [-0.3, -0.25) is 0 Å². The SMILES string of the molecule is COC(=O)[C@H](CC#Cc1ncccc1N)NC(=O)OC(C)(C)C. The van der Waals surface area contributed by atoms with Gasteiger partial charge in [-0.15, -0.1) is 0 Å². The molecule has 1 aromatic heterocycles. The molecule has 1 amide bonds. The number of carbonyl (C=O) groups is 2. The number of nitrogens with zero attached hydrogens (tertiary/aromatic N) is 1. The summed E-state index contributed by atoms with van der Waals surface area (Å²) in [6.45, 7) is 5.18. The number of ether oxygens (including phenoxy) is 2. The zero-order valence-electron chi connectivity index (χ0n) is 13.7. The van der Waals surface area contributed by atoms with Crippen molar-refractivity contribution < 1.29 is 19.1 Å². The molecule has 0 aliphatic carbocycles. The summed E-state index contributed by atoms with van der Waals surface area (Å²) in [5, 5.41) is 2.44. The van der Waals surface area contributed by atoms with Gasteiger partial charge in [0.1, 0.15) is 17.3 Å². The molecule has 0 spiro atoms. The second kappa shape index (κ2) is 8.03. The number of alkyl carbamates (subject to hydrolysis) is 1. The number of carbonyl (C=O) groups excluding carboxylic acids is 2. The molecule has 1 rings (SSSR count). The minimum absolute atomic E-state index is 0.0436. The molecule has 0 bridgehead atoms. The van der Waals surface area contributed by atoms with Crippen LogP contribution in [0.5, 0.6) is 0 Å². The number of aromatic nitrogens is 1. The molecule has 0 radical (unpaired) electrons. The number of rotatable bonds is 3. The highest BCUT2D eigenvalue weighted by atomic mass is 16.6. The first kappa shape index (κ1) is 18.3. The van der Waals surface area contributed by atoms with E-state index in [1.165, 1.54) is 7.11 Å². The van der Waals surface area contributed by atoms with Crippen molar-refractivity contribution in [3.63, 3.8) is 0 Å². The average molecular weight is 319 g/mol. The molecule has 0 unspecified atom stereocenters. The molecule has 0 saturated heterocycles. The zero-order valence-corrected chi connectivity index (χ0v) is 13.7. The maximum absolute atomic E-state index is 11.8. The Morgan fingerprint density at radius 3 is 2.70 bits per heavy atom. The lowest BCUT2D eigenvalue weighted by molar-refractivity contribution is -0.143. The van der Waals surface area contributed by atoms with E-state index < -0.39 is 23.7 Å². The lowest BCUT2D eigenvalue weighted by Crippen LogP contribution is -2.43. The van der Waals surface area contributed by atoms with Crippen molar-refractivity contribution in [1.82, 2.24) is 10.3 Å². The lowest BCUT2D eigenvalue weighted by atomic mass is 10.2. The minimum atomic E-state index is -0.938. The molecular weight excluding hydrogens is 298 g/mol. The van der Waals surface area contributed by atoms with Crippen molar-refractivity contribution in [2.75, 3.05) is 12.8 Å². The summed E-state index contributed by atoms with van der Waals surface area (Å²) in [6.07, 6.45) is 0.894. The molecule has 0 saturated carbocycles. The van der Waals surface area contributed by atoms with E-state index in [9.17, 15) is 9.59 Å². The largest absolute Gasteiger partial charge is 0.467 e. The quantitative estimate of drug-likeness (QED) is 0.646. The number of nitrogens with two attached hydrogens (primary N) is 1. The van der Waals surface area contributed by atoms with Crippen molar-refractivity contribution in [1.29, 1.82) is 0 Å². The normalized spacial score (nSPS) is 11.7. The van der Waals surface area contributed by atoms with Gasteiger partial charge in [0.05, 0.1) is 12.8 Å². The fraction of sp³-hybridized carbons (Fsp3) is 0.438. The number of amides is 1. The van der Waals surface area contributed by atoms with Crippen LogP contribution in [0.15, 0.2) is 18.3 Å². The monoisotopic (exact) mass is 319 g/mol. The average Bonchev–Trinajstić information content (AvgIpc) is 2.45. The third-order valence-electron chi connectivity index (χ3n) is 2.53. The highest BCUT2D eigenvalue weighted by Gasteiger charge is 2.24. The van der Waals surface area contributed by atoms with Gasteiger partial charge in [-0.05, 0) is 38.8 Å². The van der Waals surface area contributed by atoms with E-state index in [0.717, 1.165) is 0 Å². The van der Waals surface area contributed by atoms with Crippen LogP contribution in [-0.4, -0.2) is 35.8 Å². The van der Waals surface area contributed by atoms with Crippen molar-refractivity contribution in [2.24, 2.45) is 0 Å². The summed E-state index contributed by atoms with van der Waals surface area (Å²) in [7, 11) is 1.23. The molecule has 7 nitrogen and oxygen atoms in total. The van der Waals surface area contributed by atoms with Crippen LogP contribution in [0.4, 0.5) is 10.5 Å². The molecule has 0 aliphatic heterocycles. The highest BCUT2D eigenvalue weighted by molar-refractivity contribution is 5.81. The maximum atomic E-state index is 11.8. The van der Waals surface area contributed by atoms with Crippen LogP contribution in [0.2, 0.25) is 0 Å². The predicted octanol–water partition coefficient (Wildman–Crippen LogP) is 1.47. The van der Waals surface area contributed by atoms with E-state index in [1.807, 2.05) is 0 Å². The van der Waals surface area contributed by atoms with E-state index in [0.29, 0.717) is 11.4 Å². The first-order valence-electron chi connectivity index (χ1n) is 6.99. The molecular formula is C16H21N3O4. The van der Waals surface area contributed by atoms with Crippen LogP contribution in [0.1, 0.15) is 32.9 Å². The van der Waals surface area contributed by atoms with E-state index >= 15 is 0 Å². The molecule has 124 valence electrons. The van der Waals surface area contributed by atoms with Crippen LogP contribution >= 0.6 is 0 Å². The number of methoxy groups -OCH3 is 1. The Kier molecular flexibility index (Phi) is 6.39. The first-order chi connectivity index (χ1) is 10.7. The highest BCUT2D eigenvalue weighted by Crippen LogP contribution is 2.08. The summed E-state index contributed by atoms with van der Waals surface area (Å²) < 4.78 is 9.76. The van der Waals surface area contributed by atoms with E-state index in [1.54, 1.807) is 39.1 Å². The second-order valence-electron chi connectivity index (χ2n) is 5.67. The van der Waals surface area contributed by atoms with E-state index in [4.69, 9.17) is 10.5 Å². The molecule has 7 heteroatoms. The number of hydrogen-bond acceptors (Lipinski definition) is 6. The summed E-state index contributed by atoms with van der Waals surface area (Å²) >= 11 is 0. The Bertz CT molecular complexity index is 626. The number of pyridine rings is 1. The lowest BCUT2D eigenvalue weighted by Gasteiger charge is -2.21. The van der Waals surface area contributed by atoms with Gasteiger partial charge in [-0.2, -0.15) is 0 Å². The molecule has 0 fully saturated rings. The van der Waals surface area contributed by atoms with Crippen LogP contribution in [0, 0.1) is 11.8 Å². The fourth-order valence-electron chi connectivity index (χ4n) is 1.54.